The molecule has 3 N–H and O–H groups in total. The van der Waals surface area contributed by atoms with Crippen LogP contribution in [0.4, 0.5) is 0 Å². The van der Waals surface area contributed by atoms with E-state index in [2.05, 4.69) is 11.4 Å². The van der Waals surface area contributed by atoms with Gasteiger partial charge in [-0.1, -0.05) is 6.07 Å². The maximum Gasteiger partial charge on any atom is 0.231 e. The number of carbonyl (C=O) groups is 1. The van der Waals surface area contributed by atoms with E-state index in [4.69, 9.17) is 19.9 Å². The molecule has 2 heterocycles. The predicted octanol–water partition coefficient (Wildman–Crippen LogP) is 1.74. The van der Waals surface area contributed by atoms with Gasteiger partial charge in [-0.2, -0.15) is 0 Å². The highest BCUT2D eigenvalue weighted by Gasteiger charge is 2.36. The average molecular weight is 357 g/mol. The number of amides is 1. The van der Waals surface area contributed by atoms with E-state index in [9.17, 15) is 4.79 Å². The number of nitrogens with two attached hydrogens (primary N) is 1. The smallest absolute Gasteiger partial charge is 0.231 e. The van der Waals surface area contributed by atoms with Crippen molar-refractivity contribution in [3.63, 3.8) is 0 Å². The fourth-order valence-corrected chi connectivity index (χ4v) is 3.19. The summed E-state index contributed by atoms with van der Waals surface area (Å²) in [6.07, 6.45) is 2.07. The van der Waals surface area contributed by atoms with Crippen LogP contribution in [0.1, 0.15) is 31.7 Å². The second kappa shape index (κ2) is 8.05. The predicted molar refractivity (Wildman–Crippen MR) is 92.8 cm³/mol. The number of fused-ring (bicyclic) bond motifs is 1. The molecule has 134 valence electrons. The highest BCUT2D eigenvalue weighted by Crippen LogP contribution is 2.40. The minimum absolute atomic E-state index is 0. The summed E-state index contributed by atoms with van der Waals surface area (Å²) in [7, 11) is 0. The normalized spacial score (nSPS) is 19.2. The van der Waals surface area contributed by atoms with Gasteiger partial charge in [0.1, 0.15) is 0 Å². The Morgan fingerprint density at radius 3 is 2.71 bits per heavy atom. The van der Waals surface area contributed by atoms with Crippen molar-refractivity contribution in [1.82, 2.24) is 5.32 Å². The highest BCUT2D eigenvalue weighted by atomic mass is 35.5. The fourth-order valence-electron chi connectivity index (χ4n) is 3.19. The molecule has 1 unspecified atom stereocenters. The first-order valence-electron chi connectivity index (χ1n) is 8.09. The van der Waals surface area contributed by atoms with E-state index in [-0.39, 0.29) is 36.6 Å². The second-order valence-electron chi connectivity index (χ2n) is 6.42. The van der Waals surface area contributed by atoms with Crippen molar-refractivity contribution in [3.8, 4) is 11.5 Å². The molecule has 0 bridgehead atoms. The van der Waals surface area contributed by atoms with Gasteiger partial charge in [-0.05, 0) is 37.5 Å². The third-order valence-electron chi connectivity index (χ3n) is 4.57. The lowest BCUT2D eigenvalue weighted by atomic mass is 9.74. The van der Waals surface area contributed by atoms with Gasteiger partial charge in [0.15, 0.2) is 11.5 Å². The molecule has 0 radical (unpaired) electrons. The number of hydrogen-bond donors (Lipinski definition) is 2. The molecular formula is C17H25ClN2O4. The number of ether oxygens (including phenoxy) is 3. The molecule has 0 aliphatic carbocycles. The van der Waals surface area contributed by atoms with Crippen molar-refractivity contribution in [3.05, 3.63) is 23.8 Å². The summed E-state index contributed by atoms with van der Waals surface area (Å²) in [4.78, 5) is 12.0. The minimum Gasteiger partial charge on any atom is -0.454 e. The average Bonchev–Trinajstić information content (AvgIpc) is 3.01. The summed E-state index contributed by atoms with van der Waals surface area (Å²) < 4.78 is 16.4. The second-order valence-corrected chi connectivity index (χ2v) is 6.42. The highest BCUT2D eigenvalue weighted by molar-refractivity contribution is 5.85. The molecule has 24 heavy (non-hydrogen) atoms. The van der Waals surface area contributed by atoms with Crippen molar-refractivity contribution >= 4 is 18.3 Å². The molecular weight excluding hydrogens is 332 g/mol. The zero-order valence-corrected chi connectivity index (χ0v) is 14.7. The molecule has 1 aromatic rings. The molecule has 2 aliphatic heterocycles. The van der Waals surface area contributed by atoms with Gasteiger partial charge in [0.2, 0.25) is 12.7 Å². The van der Waals surface area contributed by atoms with Gasteiger partial charge in [0.05, 0.1) is 0 Å². The number of carbonyl (C=O) groups excluding carboxylic acids is 1. The summed E-state index contributed by atoms with van der Waals surface area (Å²) in [5, 5.41) is 3.04. The van der Waals surface area contributed by atoms with E-state index in [0.717, 1.165) is 29.9 Å². The molecule has 1 fully saturated rings. The standard InChI is InChI=1S/C17H24N2O4.ClH/c1-12(18)8-16(20)19-10-17(4-6-21-7-5-17)13-2-3-14-15(9-13)23-11-22-14;/h2-3,9,12H,4-8,10-11,18H2,1H3,(H,19,20);1H. The largest absolute Gasteiger partial charge is 0.454 e. The molecule has 0 spiro atoms. The Hall–Kier alpha value is -1.50. The van der Waals surface area contributed by atoms with Gasteiger partial charge in [-0.25, -0.2) is 0 Å². The van der Waals surface area contributed by atoms with Gasteiger partial charge < -0.3 is 25.3 Å². The third kappa shape index (κ3) is 4.12. The van der Waals surface area contributed by atoms with Crippen molar-refractivity contribution < 1.29 is 19.0 Å². The maximum absolute atomic E-state index is 12.0. The van der Waals surface area contributed by atoms with Crippen LogP contribution in [0.3, 0.4) is 0 Å². The van der Waals surface area contributed by atoms with Crippen LogP contribution >= 0.6 is 12.4 Å². The summed E-state index contributed by atoms with van der Waals surface area (Å²) in [5.74, 6) is 1.54. The van der Waals surface area contributed by atoms with Crippen molar-refractivity contribution in [2.75, 3.05) is 26.6 Å². The summed E-state index contributed by atoms with van der Waals surface area (Å²) in [6, 6.07) is 5.91. The quantitative estimate of drug-likeness (QED) is 0.839. The Bertz CT molecular complexity index is 574. The summed E-state index contributed by atoms with van der Waals surface area (Å²) >= 11 is 0. The number of benzene rings is 1. The topological polar surface area (TPSA) is 82.8 Å². The Morgan fingerprint density at radius 2 is 2.00 bits per heavy atom. The molecule has 1 atom stereocenters. The van der Waals surface area contributed by atoms with Gasteiger partial charge >= 0.3 is 0 Å². The Morgan fingerprint density at radius 1 is 1.29 bits per heavy atom. The molecule has 1 saturated heterocycles. The van der Waals surface area contributed by atoms with Gasteiger partial charge in [-0.3, -0.25) is 4.79 Å². The van der Waals surface area contributed by atoms with Crippen LogP contribution in [0.15, 0.2) is 18.2 Å². The molecule has 7 heteroatoms. The zero-order chi connectivity index (χ0) is 16.3. The first-order chi connectivity index (χ1) is 11.1. The first-order valence-corrected chi connectivity index (χ1v) is 8.09. The lowest BCUT2D eigenvalue weighted by Crippen LogP contribution is -2.45. The van der Waals surface area contributed by atoms with E-state index < -0.39 is 0 Å². The Balaban J connectivity index is 0.00000208. The molecule has 0 aromatic heterocycles. The van der Waals surface area contributed by atoms with Crippen LogP contribution in [-0.4, -0.2) is 38.5 Å². The lowest BCUT2D eigenvalue weighted by molar-refractivity contribution is -0.121. The molecule has 0 saturated carbocycles. The van der Waals surface area contributed by atoms with Gasteiger partial charge in [0.25, 0.3) is 0 Å². The van der Waals surface area contributed by atoms with Gasteiger partial charge in [-0.15, -0.1) is 12.4 Å². The van der Waals surface area contributed by atoms with Crippen molar-refractivity contribution in [1.29, 1.82) is 0 Å². The molecule has 2 aliphatic rings. The Kier molecular flexibility index (Phi) is 6.32. The third-order valence-corrected chi connectivity index (χ3v) is 4.57. The van der Waals surface area contributed by atoms with Crippen LogP contribution in [0, 0.1) is 0 Å². The van der Waals surface area contributed by atoms with Crippen LogP contribution in [0.25, 0.3) is 0 Å². The van der Waals surface area contributed by atoms with E-state index in [1.165, 1.54) is 0 Å². The van der Waals surface area contributed by atoms with E-state index in [1.807, 2.05) is 19.1 Å². The number of nitrogens with one attached hydrogen (secondary N) is 1. The fraction of sp³-hybridized carbons (Fsp3) is 0.588. The van der Waals surface area contributed by atoms with E-state index in [0.29, 0.717) is 26.2 Å². The van der Waals surface area contributed by atoms with E-state index >= 15 is 0 Å². The lowest BCUT2D eigenvalue weighted by Gasteiger charge is -2.38. The van der Waals surface area contributed by atoms with E-state index in [1.54, 1.807) is 0 Å². The Labute approximate surface area is 148 Å². The summed E-state index contributed by atoms with van der Waals surface area (Å²) in [6.45, 7) is 4.07. The molecule has 3 rings (SSSR count). The van der Waals surface area contributed by atoms with Crippen LogP contribution in [0.5, 0.6) is 11.5 Å². The van der Waals surface area contributed by atoms with Crippen molar-refractivity contribution in [2.45, 2.75) is 37.6 Å². The van der Waals surface area contributed by atoms with Crippen LogP contribution < -0.4 is 20.5 Å². The molecule has 1 amide bonds. The molecule has 6 nitrogen and oxygen atoms in total. The van der Waals surface area contributed by atoms with Crippen LogP contribution in [0.2, 0.25) is 0 Å². The molecule has 1 aromatic carbocycles. The summed E-state index contributed by atoms with van der Waals surface area (Å²) in [5.41, 5.74) is 6.72. The number of rotatable bonds is 5. The SMILES string of the molecule is CC(N)CC(=O)NCC1(c2ccc3c(c2)OCO3)CCOCC1.Cl. The maximum atomic E-state index is 12.0. The van der Waals surface area contributed by atoms with Crippen molar-refractivity contribution in [2.24, 2.45) is 5.73 Å². The van der Waals surface area contributed by atoms with Gasteiger partial charge in [0, 0.05) is 37.6 Å². The zero-order valence-electron chi connectivity index (χ0n) is 13.9. The first kappa shape index (κ1) is 18.8. The minimum atomic E-state index is -0.133. The monoisotopic (exact) mass is 356 g/mol. The van der Waals surface area contributed by atoms with Crippen LogP contribution in [-0.2, 0) is 14.9 Å². The number of halogens is 1. The number of hydrogen-bond acceptors (Lipinski definition) is 5.